The van der Waals surface area contributed by atoms with Crippen molar-refractivity contribution in [1.82, 2.24) is 15.0 Å². The highest BCUT2D eigenvalue weighted by molar-refractivity contribution is 6.00. The molecular weight excluding hydrogens is 510 g/mol. The van der Waals surface area contributed by atoms with E-state index in [0.717, 1.165) is 16.8 Å². The van der Waals surface area contributed by atoms with Gasteiger partial charge >= 0.3 is 0 Å². The van der Waals surface area contributed by atoms with Gasteiger partial charge in [0.1, 0.15) is 5.75 Å². The highest BCUT2D eigenvalue weighted by Crippen LogP contribution is 2.36. The van der Waals surface area contributed by atoms with E-state index in [1.165, 1.54) is 5.56 Å². The van der Waals surface area contributed by atoms with E-state index >= 15 is 0 Å². The van der Waals surface area contributed by atoms with E-state index in [0.29, 0.717) is 62.2 Å². The van der Waals surface area contributed by atoms with Crippen LogP contribution in [0.15, 0.2) is 40.9 Å². The topological polar surface area (TPSA) is 109 Å². The molecule has 3 aliphatic heterocycles. The van der Waals surface area contributed by atoms with Crippen molar-refractivity contribution in [3.05, 3.63) is 53.4 Å². The van der Waals surface area contributed by atoms with Gasteiger partial charge in [-0.3, -0.25) is 14.4 Å². The Kier molecular flexibility index (Phi) is 6.77. The summed E-state index contributed by atoms with van der Waals surface area (Å²) in [5.74, 6) is 1.35. The number of ether oxygens (including phenoxy) is 1. The summed E-state index contributed by atoms with van der Waals surface area (Å²) in [5.41, 5.74) is 4.61. The minimum Gasteiger partial charge on any atom is -0.482 e. The summed E-state index contributed by atoms with van der Waals surface area (Å²) in [5, 5.41) is 4.20. The molecule has 2 saturated heterocycles. The standard InChI is InChI=1S/C30H33N5O5/c1-4-34-24-14-21(6-8-25(24)39-17-27(34)37)28-31-29(40-32-28)20-9-11-33(12-10-20)30(38)22-15-26(36)35(16-22)23-7-5-18(2)19(3)13-23/h5-8,13-14,20,22H,4,9-12,15-17H2,1-3H3. The Morgan fingerprint density at radius 3 is 2.58 bits per heavy atom. The average Bonchev–Trinajstić information content (AvgIpc) is 3.61. The molecule has 0 spiro atoms. The van der Waals surface area contributed by atoms with Gasteiger partial charge < -0.3 is 24.0 Å². The van der Waals surface area contributed by atoms with Crippen molar-refractivity contribution in [1.29, 1.82) is 0 Å². The third-order valence-electron chi connectivity index (χ3n) is 8.35. The van der Waals surface area contributed by atoms with Crippen LogP contribution in [0.2, 0.25) is 0 Å². The quantitative estimate of drug-likeness (QED) is 0.481. The minimum atomic E-state index is -0.330. The van der Waals surface area contributed by atoms with Gasteiger partial charge in [-0.15, -0.1) is 0 Å². The van der Waals surface area contributed by atoms with Crippen LogP contribution in [0, 0.1) is 19.8 Å². The zero-order valence-electron chi connectivity index (χ0n) is 23.1. The maximum Gasteiger partial charge on any atom is 0.265 e. The Hall–Kier alpha value is -4.21. The van der Waals surface area contributed by atoms with E-state index in [-0.39, 0.29) is 42.6 Å². The smallest absolute Gasteiger partial charge is 0.265 e. The van der Waals surface area contributed by atoms with Crippen LogP contribution < -0.4 is 14.5 Å². The third-order valence-corrected chi connectivity index (χ3v) is 8.35. The fourth-order valence-electron chi connectivity index (χ4n) is 5.83. The molecule has 1 atom stereocenters. The lowest BCUT2D eigenvalue weighted by Gasteiger charge is -2.32. The number of fused-ring (bicyclic) bond motifs is 1. The van der Waals surface area contributed by atoms with Crippen LogP contribution in [-0.4, -0.2) is 65.5 Å². The zero-order valence-corrected chi connectivity index (χ0v) is 23.1. The number of anilines is 2. The summed E-state index contributed by atoms with van der Waals surface area (Å²) >= 11 is 0. The normalized spacial score (nSPS) is 19.7. The monoisotopic (exact) mass is 543 g/mol. The molecule has 40 heavy (non-hydrogen) atoms. The largest absolute Gasteiger partial charge is 0.482 e. The molecule has 6 rings (SSSR count). The SMILES string of the molecule is CCN1C(=O)COc2ccc(-c3noc(C4CCN(C(=O)C5CC(=O)N(c6ccc(C)c(C)c6)C5)CC4)n3)cc21. The molecule has 1 aromatic heterocycles. The van der Waals surface area contributed by atoms with Gasteiger partial charge in [-0.1, -0.05) is 11.2 Å². The summed E-state index contributed by atoms with van der Waals surface area (Å²) in [7, 11) is 0. The van der Waals surface area contributed by atoms with Crippen LogP contribution in [0.4, 0.5) is 11.4 Å². The summed E-state index contributed by atoms with van der Waals surface area (Å²) in [4.78, 5) is 48.3. The first-order chi connectivity index (χ1) is 19.3. The molecule has 0 N–H and O–H groups in total. The number of rotatable bonds is 5. The predicted molar refractivity (Wildman–Crippen MR) is 148 cm³/mol. The van der Waals surface area contributed by atoms with Crippen LogP contribution in [0.1, 0.15) is 49.1 Å². The number of aryl methyl sites for hydroxylation is 2. The molecule has 10 heteroatoms. The molecule has 0 saturated carbocycles. The van der Waals surface area contributed by atoms with E-state index in [4.69, 9.17) is 9.26 Å². The molecule has 3 aromatic rings. The molecule has 1 unspecified atom stereocenters. The van der Waals surface area contributed by atoms with Crippen molar-refractivity contribution in [2.24, 2.45) is 5.92 Å². The highest BCUT2D eigenvalue weighted by Gasteiger charge is 2.39. The number of hydrogen-bond donors (Lipinski definition) is 0. The molecule has 3 amide bonds. The molecular formula is C30H33N5O5. The number of hydrogen-bond acceptors (Lipinski definition) is 7. The van der Waals surface area contributed by atoms with Gasteiger partial charge in [-0.25, -0.2) is 0 Å². The number of piperidine rings is 1. The van der Waals surface area contributed by atoms with E-state index < -0.39 is 0 Å². The van der Waals surface area contributed by atoms with E-state index in [9.17, 15) is 14.4 Å². The average molecular weight is 544 g/mol. The van der Waals surface area contributed by atoms with Gasteiger partial charge in [0.2, 0.25) is 23.5 Å². The van der Waals surface area contributed by atoms with Crippen molar-refractivity contribution in [2.75, 3.05) is 42.6 Å². The molecule has 0 radical (unpaired) electrons. The van der Waals surface area contributed by atoms with Gasteiger partial charge in [-0.2, -0.15) is 4.98 Å². The van der Waals surface area contributed by atoms with Gasteiger partial charge in [0, 0.05) is 49.8 Å². The fraction of sp³-hybridized carbons (Fsp3) is 0.433. The lowest BCUT2D eigenvalue weighted by Crippen LogP contribution is -2.42. The van der Waals surface area contributed by atoms with E-state index in [1.54, 1.807) is 9.80 Å². The van der Waals surface area contributed by atoms with Crippen molar-refractivity contribution >= 4 is 29.1 Å². The van der Waals surface area contributed by atoms with E-state index in [2.05, 4.69) is 10.1 Å². The van der Waals surface area contributed by atoms with Crippen LogP contribution in [-0.2, 0) is 14.4 Å². The maximum atomic E-state index is 13.3. The van der Waals surface area contributed by atoms with Crippen LogP contribution >= 0.6 is 0 Å². The lowest BCUT2D eigenvalue weighted by molar-refractivity contribution is -0.136. The number of aromatic nitrogens is 2. The highest BCUT2D eigenvalue weighted by atomic mass is 16.5. The number of likely N-dealkylation sites (tertiary alicyclic amines) is 1. The molecule has 0 aliphatic carbocycles. The Morgan fingerprint density at radius 2 is 1.82 bits per heavy atom. The van der Waals surface area contributed by atoms with Crippen LogP contribution in [0.3, 0.4) is 0 Å². The maximum absolute atomic E-state index is 13.3. The van der Waals surface area contributed by atoms with Crippen molar-refractivity contribution in [2.45, 2.75) is 46.0 Å². The van der Waals surface area contributed by atoms with Crippen molar-refractivity contribution in [3.8, 4) is 17.1 Å². The molecule has 2 fully saturated rings. The first-order valence-corrected chi connectivity index (χ1v) is 13.9. The lowest BCUT2D eigenvalue weighted by atomic mass is 9.95. The summed E-state index contributed by atoms with van der Waals surface area (Å²) in [6.07, 6.45) is 1.67. The second-order valence-electron chi connectivity index (χ2n) is 10.8. The number of nitrogens with zero attached hydrogens (tertiary/aromatic N) is 5. The van der Waals surface area contributed by atoms with E-state index in [1.807, 2.05) is 62.1 Å². The Labute approximate surface area is 232 Å². The molecule has 208 valence electrons. The van der Waals surface area contributed by atoms with Gasteiger partial charge in [0.05, 0.1) is 11.6 Å². The summed E-state index contributed by atoms with van der Waals surface area (Å²) < 4.78 is 11.2. The van der Waals surface area contributed by atoms with Gasteiger partial charge in [0.15, 0.2) is 6.61 Å². The number of amides is 3. The summed E-state index contributed by atoms with van der Waals surface area (Å²) in [6.45, 7) is 8.17. The Morgan fingerprint density at radius 1 is 1.02 bits per heavy atom. The van der Waals surface area contributed by atoms with Crippen LogP contribution in [0.25, 0.3) is 11.4 Å². The Bertz CT molecular complexity index is 1470. The predicted octanol–water partition coefficient (Wildman–Crippen LogP) is 3.86. The van der Waals surface area contributed by atoms with Crippen LogP contribution in [0.5, 0.6) is 5.75 Å². The molecule has 10 nitrogen and oxygen atoms in total. The summed E-state index contributed by atoms with van der Waals surface area (Å²) in [6, 6.07) is 11.5. The molecule has 3 aliphatic rings. The molecule has 4 heterocycles. The second-order valence-corrected chi connectivity index (χ2v) is 10.8. The molecule has 0 bridgehead atoms. The number of likely N-dealkylation sites (N-methyl/N-ethyl adjacent to an activating group) is 1. The van der Waals surface area contributed by atoms with Crippen molar-refractivity contribution in [3.63, 3.8) is 0 Å². The fourth-order valence-corrected chi connectivity index (χ4v) is 5.83. The number of carbonyl (C=O) groups excluding carboxylic acids is 3. The van der Waals surface area contributed by atoms with Crippen molar-refractivity contribution < 1.29 is 23.6 Å². The second kappa shape index (κ2) is 10.4. The number of carbonyl (C=O) groups is 3. The zero-order chi connectivity index (χ0) is 28.0. The molecule has 2 aromatic carbocycles. The Balaban J connectivity index is 1.08. The first kappa shape index (κ1) is 26.0. The minimum absolute atomic E-state index is 0.00459. The van der Waals surface area contributed by atoms with Gasteiger partial charge in [0.25, 0.3) is 5.91 Å². The first-order valence-electron chi connectivity index (χ1n) is 13.9. The third kappa shape index (κ3) is 4.71. The number of benzene rings is 2. The van der Waals surface area contributed by atoms with Gasteiger partial charge in [-0.05, 0) is 75.1 Å².